The molecule has 5 N–H and O–H groups in total. The molecule has 0 heterocycles. The van der Waals surface area contributed by atoms with Crippen molar-refractivity contribution in [3.63, 3.8) is 0 Å². The Kier molecular flexibility index (Phi) is 5.06. The molecular formula is C3H9N4OP. The average molecular weight is 148 g/mol. The minimum absolute atomic E-state index is 0.150. The third kappa shape index (κ3) is 5.20. The Hall–Kier alpha value is -0.670. The summed E-state index contributed by atoms with van der Waals surface area (Å²) < 4.78 is 9.77. The quantitative estimate of drug-likeness (QED) is 0.273. The largest absolute Gasteiger partial charge is 0.369 e. The van der Waals surface area contributed by atoms with E-state index in [4.69, 9.17) is 11.5 Å². The summed E-state index contributed by atoms with van der Waals surface area (Å²) in [5.74, 6) is 0.150. The molecule has 0 aliphatic heterocycles. The fraction of sp³-hybridized carbons (Fsp3) is 0.667. The van der Waals surface area contributed by atoms with Crippen molar-refractivity contribution < 1.29 is 4.57 Å². The van der Waals surface area contributed by atoms with Crippen LogP contribution in [0.25, 0.3) is 0 Å². The van der Waals surface area contributed by atoms with E-state index >= 15 is 0 Å². The first-order valence-corrected chi connectivity index (χ1v) is 3.21. The Morgan fingerprint density at radius 3 is 2.89 bits per heavy atom. The fourth-order valence-electron chi connectivity index (χ4n) is 0.267. The highest BCUT2D eigenvalue weighted by Gasteiger charge is 1.84. The summed E-state index contributed by atoms with van der Waals surface area (Å²) in [6, 6.07) is 0. The molecule has 0 saturated heterocycles. The van der Waals surface area contributed by atoms with Gasteiger partial charge in [0.25, 0.3) is 8.61 Å². The Labute approximate surface area is 54.8 Å². The number of aliphatic imine (C=N–C) groups is 1. The van der Waals surface area contributed by atoms with Gasteiger partial charge >= 0.3 is 0 Å². The highest BCUT2D eigenvalue weighted by molar-refractivity contribution is 7.22. The molecule has 0 fully saturated rings. The molecule has 0 aromatic rings. The lowest BCUT2D eigenvalue weighted by atomic mass is 10.7. The molecule has 0 aromatic carbocycles. The van der Waals surface area contributed by atoms with Crippen molar-refractivity contribution in [3.8, 4) is 0 Å². The molecule has 9 heavy (non-hydrogen) atoms. The van der Waals surface area contributed by atoms with Crippen molar-refractivity contribution in [2.24, 2.45) is 16.5 Å². The van der Waals surface area contributed by atoms with E-state index in [0.29, 0.717) is 13.1 Å². The summed E-state index contributed by atoms with van der Waals surface area (Å²) in [6.07, 6.45) is 0. The molecule has 0 bridgehead atoms. The first kappa shape index (κ1) is 8.33. The smallest absolute Gasteiger partial charge is 0.281 e. The molecule has 0 aliphatic carbocycles. The van der Waals surface area contributed by atoms with Crippen LogP contribution in [0.2, 0.25) is 0 Å². The lowest BCUT2D eigenvalue weighted by molar-refractivity contribution is 0.596. The number of hydrogen-bond acceptors (Lipinski definition) is 3. The second-order valence-corrected chi connectivity index (χ2v) is 1.66. The molecule has 0 aromatic heterocycles. The Bertz CT molecular complexity index is 114. The Morgan fingerprint density at radius 1 is 1.78 bits per heavy atom. The topological polar surface area (TPSA) is 93.5 Å². The molecule has 0 radical (unpaired) electrons. The molecule has 0 atom stereocenters. The second kappa shape index (κ2) is 5.47. The van der Waals surface area contributed by atoms with Crippen LogP contribution >= 0.6 is 8.61 Å². The fourth-order valence-corrected chi connectivity index (χ4v) is 0.431. The molecular weight excluding hydrogens is 139 g/mol. The minimum atomic E-state index is -0.242. The first-order chi connectivity index (χ1) is 4.31. The van der Waals surface area contributed by atoms with Gasteiger partial charge in [0.15, 0.2) is 5.96 Å². The lowest BCUT2D eigenvalue weighted by Gasteiger charge is -1.92. The van der Waals surface area contributed by atoms with Crippen LogP contribution in [0.4, 0.5) is 0 Å². The number of nitrogens with two attached hydrogens (primary N) is 2. The van der Waals surface area contributed by atoms with E-state index in [1.807, 2.05) is 0 Å². The van der Waals surface area contributed by atoms with E-state index in [0.717, 1.165) is 0 Å². The van der Waals surface area contributed by atoms with Crippen LogP contribution in [0.1, 0.15) is 0 Å². The standard InChI is InChI=1S/C3H9N4OP/c4-1-2-6-3(5)7-9-8/h1-2,4H2,(H3,5,6,7,8). The van der Waals surface area contributed by atoms with Gasteiger partial charge in [0.2, 0.25) is 0 Å². The van der Waals surface area contributed by atoms with Crippen molar-refractivity contribution in [2.45, 2.75) is 0 Å². The molecule has 0 saturated carbocycles. The SMILES string of the molecule is NCCN=C(N)NP=O. The van der Waals surface area contributed by atoms with E-state index < -0.39 is 0 Å². The minimum Gasteiger partial charge on any atom is -0.369 e. The molecule has 0 amide bonds. The number of nitrogens with zero attached hydrogens (tertiary/aromatic N) is 1. The predicted molar refractivity (Wildman–Crippen MR) is 36.3 cm³/mol. The van der Waals surface area contributed by atoms with Gasteiger partial charge in [-0.25, -0.2) is 4.57 Å². The molecule has 6 heteroatoms. The van der Waals surface area contributed by atoms with Crippen LogP contribution in [0.15, 0.2) is 4.99 Å². The van der Waals surface area contributed by atoms with Crippen LogP contribution < -0.4 is 16.6 Å². The zero-order valence-corrected chi connectivity index (χ0v) is 5.77. The zero-order valence-electron chi connectivity index (χ0n) is 4.87. The number of rotatable bonds is 3. The maximum absolute atomic E-state index is 9.77. The van der Waals surface area contributed by atoms with E-state index in [2.05, 4.69) is 10.1 Å². The van der Waals surface area contributed by atoms with Gasteiger partial charge in [-0.3, -0.25) is 10.1 Å². The molecule has 52 valence electrons. The van der Waals surface area contributed by atoms with Crippen molar-refractivity contribution in [2.75, 3.05) is 13.1 Å². The summed E-state index contributed by atoms with van der Waals surface area (Å²) in [5.41, 5.74) is 10.2. The summed E-state index contributed by atoms with van der Waals surface area (Å²) >= 11 is 0. The zero-order chi connectivity index (χ0) is 7.11. The highest BCUT2D eigenvalue weighted by atomic mass is 31.1. The second-order valence-electron chi connectivity index (χ2n) is 1.26. The van der Waals surface area contributed by atoms with Gasteiger partial charge in [0.1, 0.15) is 0 Å². The third-order valence-corrected chi connectivity index (χ3v) is 0.892. The third-order valence-electron chi connectivity index (χ3n) is 0.571. The highest BCUT2D eigenvalue weighted by Crippen LogP contribution is 1.77. The van der Waals surface area contributed by atoms with Gasteiger partial charge in [0, 0.05) is 6.54 Å². The number of hydrogen-bond donors (Lipinski definition) is 3. The summed E-state index contributed by atoms with van der Waals surface area (Å²) in [6.45, 7) is 0.895. The van der Waals surface area contributed by atoms with Crippen LogP contribution in [0.5, 0.6) is 0 Å². The Morgan fingerprint density at radius 2 is 2.44 bits per heavy atom. The average Bonchev–Trinajstić information content (AvgIpc) is 1.85. The van der Waals surface area contributed by atoms with Gasteiger partial charge in [-0.15, -0.1) is 0 Å². The maximum Gasteiger partial charge on any atom is 0.281 e. The van der Waals surface area contributed by atoms with Crippen LogP contribution in [-0.4, -0.2) is 19.0 Å². The van der Waals surface area contributed by atoms with E-state index in [1.54, 1.807) is 0 Å². The summed E-state index contributed by atoms with van der Waals surface area (Å²) in [4.78, 5) is 3.68. The van der Waals surface area contributed by atoms with E-state index in [9.17, 15) is 4.57 Å². The van der Waals surface area contributed by atoms with Gasteiger partial charge < -0.3 is 11.5 Å². The monoisotopic (exact) mass is 148 g/mol. The molecule has 5 nitrogen and oxygen atoms in total. The van der Waals surface area contributed by atoms with Crippen LogP contribution in [-0.2, 0) is 4.57 Å². The molecule has 0 aliphatic rings. The van der Waals surface area contributed by atoms with E-state index in [1.165, 1.54) is 0 Å². The summed E-state index contributed by atoms with van der Waals surface area (Å²) in [5, 5.41) is 2.27. The van der Waals surface area contributed by atoms with Gasteiger partial charge in [-0.05, 0) is 0 Å². The van der Waals surface area contributed by atoms with Crippen molar-refractivity contribution in [1.29, 1.82) is 0 Å². The molecule has 0 unspecified atom stereocenters. The van der Waals surface area contributed by atoms with Crippen molar-refractivity contribution >= 4 is 14.6 Å². The van der Waals surface area contributed by atoms with Gasteiger partial charge in [-0.1, -0.05) is 0 Å². The first-order valence-electron chi connectivity index (χ1n) is 2.39. The van der Waals surface area contributed by atoms with Crippen LogP contribution in [0.3, 0.4) is 0 Å². The van der Waals surface area contributed by atoms with Crippen LogP contribution in [0, 0.1) is 0 Å². The lowest BCUT2D eigenvalue weighted by Crippen LogP contribution is -2.24. The van der Waals surface area contributed by atoms with E-state index in [-0.39, 0.29) is 14.6 Å². The summed E-state index contributed by atoms with van der Waals surface area (Å²) in [7, 11) is -0.242. The molecule has 0 rings (SSSR count). The number of guanidine groups is 1. The van der Waals surface area contributed by atoms with Crippen molar-refractivity contribution in [1.82, 2.24) is 5.09 Å². The number of nitrogens with one attached hydrogen (secondary N) is 1. The maximum atomic E-state index is 9.77. The predicted octanol–water partition coefficient (Wildman–Crippen LogP) is -0.944. The van der Waals surface area contributed by atoms with Gasteiger partial charge in [-0.2, -0.15) is 0 Å². The van der Waals surface area contributed by atoms with Gasteiger partial charge in [0.05, 0.1) is 6.54 Å². The molecule has 0 spiro atoms. The van der Waals surface area contributed by atoms with Crippen molar-refractivity contribution in [3.05, 3.63) is 0 Å². The normalized spacial score (nSPS) is 11.9. The Balaban J connectivity index is 3.42.